The van der Waals surface area contributed by atoms with E-state index in [1.165, 1.54) is 12.3 Å². The molecule has 27 heavy (non-hydrogen) atoms. The van der Waals surface area contributed by atoms with Gasteiger partial charge in [0, 0.05) is 16.2 Å². The van der Waals surface area contributed by atoms with Crippen molar-refractivity contribution < 1.29 is 9.53 Å². The summed E-state index contributed by atoms with van der Waals surface area (Å²) in [5, 5.41) is 4.07. The minimum Gasteiger partial charge on any atom is -0.438 e. The number of nitrogens with zero attached hydrogens (tertiary/aromatic N) is 1. The quantitative estimate of drug-likeness (QED) is 0.524. The summed E-state index contributed by atoms with van der Waals surface area (Å²) < 4.78 is 5.74. The molecule has 0 aliphatic rings. The fraction of sp³-hybridized carbons (Fsp3) is 0.100. The maximum Gasteiger partial charge on any atom is 0.257 e. The van der Waals surface area contributed by atoms with Crippen molar-refractivity contribution >= 4 is 40.7 Å². The fourth-order valence-electron chi connectivity index (χ4n) is 2.47. The summed E-state index contributed by atoms with van der Waals surface area (Å²) >= 11 is 18.0. The maximum atomic E-state index is 12.8. The Labute approximate surface area is 172 Å². The molecule has 1 heterocycles. The molecule has 1 atom stereocenters. The molecule has 0 bridgehead atoms. The van der Waals surface area contributed by atoms with E-state index < -0.39 is 0 Å². The SMILES string of the molecule is C[C@H](NC(=O)c1cc(Cl)cnc1Oc1cc(Cl)cc(Cl)c1)c1ccccc1. The number of hydrogen-bond acceptors (Lipinski definition) is 3. The summed E-state index contributed by atoms with van der Waals surface area (Å²) in [5.41, 5.74) is 1.19. The largest absolute Gasteiger partial charge is 0.438 e. The molecule has 0 fully saturated rings. The zero-order valence-corrected chi connectivity index (χ0v) is 16.5. The van der Waals surface area contributed by atoms with Crippen LogP contribution in [-0.4, -0.2) is 10.9 Å². The van der Waals surface area contributed by atoms with Gasteiger partial charge in [-0.3, -0.25) is 4.79 Å². The highest BCUT2D eigenvalue weighted by Crippen LogP contribution is 2.30. The first-order valence-corrected chi connectivity index (χ1v) is 9.21. The third-order valence-electron chi connectivity index (χ3n) is 3.76. The number of carbonyl (C=O) groups excluding carboxylic acids is 1. The highest BCUT2D eigenvalue weighted by molar-refractivity contribution is 6.34. The van der Waals surface area contributed by atoms with Gasteiger partial charge in [0.2, 0.25) is 5.88 Å². The summed E-state index contributed by atoms with van der Waals surface area (Å²) in [6.45, 7) is 1.89. The lowest BCUT2D eigenvalue weighted by molar-refractivity contribution is 0.0937. The van der Waals surface area contributed by atoms with Gasteiger partial charge in [0.25, 0.3) is 5.91 Å². The number of amides is 1. The highest BCUT2D eigenvalue weighted by Gasteiger charge is 2.18. The van der Waals surface area contributed by atoms with Gasteiger partial charge in [-0.1, -0.05) is 65.1 Å². The first kappa shape index (κ1) is 19.5. The van der Waals surface area contributed by atoms with Crippen LogP contribution in [0.1, 0.15) is 28.9 Å². The lowest BCUT2D eigenvalue weighted by Crippen LogP contribution is -2.27. The molecule has 1 amide bonds. The molecule has 3 aromatic rings. The Kier molecular flexibility index (Phi) is 6.22. The van der Waals surface area contributed by atoms with Crippen LogP contribution in [-0.2, 0) is 0 Å². The maximum absolute atomic E-state index is 12.8. The summed E-state index contributed by atoms with van der Waals surface area (Å²) in [7, 11) is 0. The molecule has 0 radical (unpaired) electrons. The van der Waals surface area contributed by atoms with Crippen LogP contribution in [0.5, 0.6) is 11.6 Å². The monoisotopic (exact) mass is 420 g/mol. The van der Waals surface area contributed by atoms with Gasteiger partial charge >= 0.3 is 0 Å². The van der Waals surface area contributed by atoms with Crippen LogP contribution in [0.3, 0.4) is 0 Å². The average molecular weight is 422 g/mol. The number of aromatic nitrogens is 1. The Balaban J connectivity index is 1.86. The van der Waals surface area contributed by atoms with Crippen LogP contribution in [0.2, 0.25) is 15.1 Å². The minimum absolute atomic E-state index is 0.107. The number of nitrogens with one attached hydrogen (secondary N) is 1. The molecule has 0 aliphatic carbocycles. The van der Waals surface area contributed by atoms with E-state index in [1.54, 1.807) is 18.2 Å². The summed E-state index contributed by atoms with van der Waals surface area (Å²) in [5.74, 6) is 0.118. The van der Waals surface area contributed by atoms with Crippen LogP contribution in [0.15, 0.2) is 60.8 Å². The Bertz CT molecular complexity index is 944. The molecule has 0 aliphatic heterocycles. The summed E-state index contributed by atoms with van der Waals surface area (Å²) in [6.07, 6.45) is 1.40. The van der Waals surface area contributed by atoms with Crippen LogP contribution >= 0.6 is 34.8 Å². The van der Waals surface area contributed by atoms with Crippen molar-refractivity contribution in [3.63, 3.8) is 0 Å². The van der Waals surface area contributed by atoms with Crippen LogP contribution in [0, 0.1) is 0 Å². The lowest BCUT2D eigenvalue weighted by Gasteiger charge is -2.16. The van der Waals surface area contributed by atoms with E-state index in [-0.39, 0.29) is 23.4 Å². The number of halogens is 3. The van der Waals surface area contributed by atoms with Gasteiger partial charge < -0.3 is 10.1 Å². The van der Waals surface area contributed by atoms with Gasteiger partial charge in [-0.05, 0) is 36.8 Å². The Hall–Kier alpha value is -2.27. The topological polar surface area (TPSA) is 51.2 Å². The van der Waals surface area contributed by atoms with Gasteiger partial charge in [-0.15, -0.1) is 0 Å². The number of hydrogen-bond donors (Lipinski definition) is 1. The molecular formula is C20H15Cl3N2O2. The third kappa shape index (κ3) is 5.13. The second kappa shape index (κ2) is 8.61. The van der Waals surface area contributed by atoms with Gasteiger partial charge in [0.1, 0.15) is 11.3 Å². The smallest absolute Gasteiger partial charge is 0.257 e. The van der Waals surface area contributed by atoms with Gasteiger partial charge in [-0.25, -0.2) is 4.98 Å². The summed E-state index contributed by atoms with van der Waals surface area (Å²) in [6, 6.07) is 15.7. The number of ether oxygens (including phenoxy) is 1. The van der Waals surface area contributed by atoms with E-state index in [0.29, 0.717) is 20.8 Å². The van der Waals surface area contributed by atoms with Crippen LogP contribution < -0.4 is 10.1 Å². The van der Waals surface area contributed by atoms with E-state index >= 15 is 0 Å². The second-order valence-corrected chi connectivity index (χ2v) is 7.13. The molecule has 0 saturated heterocycles. The highest BCUT2D eigenvalue weighted by atomic mass is 35.5. The first-order chi connectivity index (χ1) is 12.9. The Morgan fingerprint density at radius 1 is 1.00 bits per heavy atom. The number of carbonyl (C=O) groups is 1. The predicted octanol–water partition coefficient (Wildman–Crippen LogP) is 6.33. The average Bonchev–Trinajstić information content (AvgIpc) is 2.63. The Morgan fingerprint density at radius 2 is 1.67 bits per heavy atom. The number of rotatable bonds is 5. The van der Waals surface area contributed by atoms with Crippen molar-refractivity contribution in [3.05, 3.63) is 87.0 Å². The van der Waals surface area contributed by atoms with E-state index in [9.17, 15) is 4.79 Å². The van der Waals surface area contributed by atoms with Crippen molar-refractivity contribution in [2.75, 3.05) is 0 Å². The van der Waals surface area contributed by atoms with E-state index in [1.807, 2.05) is 37.3 Å². The van der Waals surface area contributed by atoms with Gasteiger partial charge in [0.15, 0.2) is 0 Å². The van der Waals surface area contributed by atoms with Crippen LogP contribution in [0.4, 0.5) is 0 Å². The normalized spacial score (nSPS) is 11.7. The predicted molar refractivity (Wildman–Crippen MR) is 108 cm³/mol. The lowest BCUT2D eigenvalue weighted by atomic mass is 10.1. The molecule has 0 saturated carbocycles. The molecule has 3 rings (SSSR count). The molecule has 138 valence electrons. The zero-order chi connectivity index (χ0) is 19.4. The van der Waals surface area contributed by atoms with Gasteiger partial charge in [0.05, 0.1) is 11.1 Å². The molecule has 7 heteroatoms. The van der Waals surface area contributed by atoms with Crippen molar-refractivity contribution in [3.8, 4) is 11.6 Å². The Morgan fingerprint density at radius 3 is 2.33 bits per heavy atom. The fourth-order valence-corrected chi connectivity index (χ4v) is 3.13. The van der Waals surface area contributed by atoms with Crippen molar-refractivity contribution in [2.24, 2.45) is 0 Å². The van der Waals surface area contributed by atoms with Crippen molar-refractivity contribution in [1.82, 2.24) is 10.3 Å². The zero-order valence-electron chi connectivity index (χ0n) is 14.2. The van der Waals surface area contributed by atoms with E-state index in [2.05, 4.69) is 10.3 Å². The van der Waals surface area contributed by atoms with Crippen LogP contribution in [0.25, 0.3) is 0 Å². The molecule has 0 unspecified atom stereocenters. The van der Waals surface area contributed by atoms with E-state index in [0.717, 1.165) is 5.56 Å². The van der Waals surface area contributed by atoms with Crippen molar-refractivity contribution in [2.45, 2.75) is 13.0 Å². The minimum atomic E-state index is -0.357. The summed E-state index contributed by atoms with van der Waals surface area (Å²) in [4.78, 5) is 16.9. The molecule has 2 aromatic carbocycles. The molecule has 0 spiro atoms. The van der Waals surface area contributed by atoms with E-state index in [4.69, 9.17) is 39.5 Å². The third-order valence-corrected chi connectivity index (χ3v) is 4.40. The molecule has 1 N–H and O–H groups in total. The molecular weight excluding hydrogens is 407 g/mol. The number of benzene rings is 2. The van der Waals surface area contributed by atoms with Gasteiger partial charge in [-0.2, -0.15) is 0 Å². The first-order valence-electron chi connectivity index (χ1n) is 8.07. The standard InChI is InChI=1S/C20H15Cl3N2O2/c1-12(13-5-3-2-4-6-13)25-19(26)18-10-16(23)11-24-20(18)27-17-8-14(21)7-15(22)9-17/h2-12H,1H3,(H,25,26)/t12-/m0/s1. The molecule has 1 aromatic heterocycles. The van der Waals surface area contributed by atoms with Crippen molar-refractivity contribution in [1.29, 1.82) is 0 Å². The second-order valence-electron chi connectivity index (χ2n) is 5.82. The number of pyridine rings is 1. The molecule has 4 nitrogen and oxygen atoms in total.